The minimum Gasteiger partial charge on any atom is -0.375 e. The number of hydrogen-bond donors (Lipinski definition) is 2. The quantitative estimate of drug-likeness (QED) is 0.390. The monoisotopic (exact) mass is 456 g/mol. The fraction of sp³-hybridized carbons (Fsp3) is 0.174. The molecule has 0 saturated heterocycles. The summed E-state index contributed by atoms with van der Waals surface area (Å²) in [5, 5.41) is 2.99. The number of pyridine rings is 1. The van der Waals surface area contributed by atoms with Gasteiger partial charge in [-0.15, -0.1) is 0 Å². The number of hydrogen-bond acceptors (Lipinski definition) is 5. The molecule has 0 radical (unpaired) electrons. The van der Waals surface area contributed by atoms with Crippen molar-refractivity contribution in [2.75, 3.05) is 11.1 Å². The van der Waals surface area contributed by atoms with E-state index in [-0.39, 0.29) is 17.7 Å². The van der Waals surface area contributed by atoms with E-state index in [2.05, 4.69) is 15.3 Å². The highest BCUT2D eigenvalue weighted by Gasteiger charge is 2.33. The Balaban J connectivity index is 1.65. The number of aryl methyl sites for hydroxylation is 2. The molecule has 32 heavy (non-hydrogen) atoms. The summed E-state index contributed by atoms with van der Waals surface area (Å²) >= 11 is 1.27. The van der Waals surface area contributed by atoms with E-state index < -0.39 is 17.6 Å². The Morgan fingerprint density at radius 3 is 2.59 bits per heavy atom. The molecule has 0 spiro atoms. The number of benzene rings is 2. The largest absolute Gasteiger partial charge is 0.416 e. The van der Waals surface area contributed by atoms with Crippen molar-refractivity contribution in [3.63, 3.8) is 0 Å². The molecule has 0 saturated carbocycles. The predicted octanol–water partition coefficient (Wildman–Crippen LogP) is 6.08. The van der Waals surface area contributed by atoms with Crippen molar-refractivity contribution in [2.24, 2.45) is 0 Å². The summed E-state index contributed by atoms with van der Waals surface area (Å²) in [5.74, 6) is -0.508. The maximum absolute atomic E-state index is 13.3. The van der Waals surface area contributed by atoms with Gasteiger partial charge >= 0.3 is 6.18 Å². The van der Waals surface area contributed by atoms with Crippen LogP contribution >= 0.6 is 11.3 Å². The Kier molecular flexibility index (Phi) is 5.60. The summed E-state index contributed by atoms with van der Waals surface area (Å²) in [7, 11) is 0. The Bertz CT molecular complexity index is 1330. The van der Waals surface area contributed by atoms with Crippen LogP contribution in [0.2, 0.25) is 0 Å². The average Bonchev–Trinajstić information content (AvgIpc) is 3.12. The van der Waals surface area contributed by atoms with E-state index in [0.29, 0.717) is 26.7 Å². The molecule has 2 aromatic heterocycles. The Hall–Kier alpha value is -3.46. The fourth-order valence-corrected chi connectivity index (χ4v) is 4.16. The number of amides is 1. The Labute approximate surface area is 186 Å². The van der Waals surface area contributed by atoms with E-state index in [1.807, 2.05) is 13.0 Å². The molecule has 1 amide bonds. The van der Waals surface area contributed by atoms with Crippen molar-refractivity contribution in [1.29, 1.82) is 0 Å². The second-order valence-electron chi connectivity index (χ2n) is 7.28. The van der Waals surface area contributed by atoms with E-state index in [0.717, 1.165) is 17.2 Å². The zero-order valence-electron chi connectivity index (χ0n) is 17.2. The highest BCUT2D eigenvalue weighted by Crippen LogP contribution is 2.34. The van der Waals surface area contributed by atoms with Crippen LogP contribution in [0.1, 0.15) is 34.0 Å². The number of nitrogens with two attached hydrogens (primary N) is 1. The van der Waals surface area contributed by atoms with Crippen molar-refractivity contribution in [3.8, 4) is 11.3 Å². The third-order valence-electron chi connectivity index (χ3n) is 5.10. The number of nitrogen functional groups attached to an aromatic ring is 1. The smallest absolute Gasteiger partial charge is 0.375 e. The minimum absolute atomic E-state index is 0.0846. The van der Waals surface area contributed by atoms with Crippen molar-refractivity contribution in [3.05, 3.63) is 70.8 Å². The minimum atomic E-state index is -4.49. The van der Waals surface area contributed by atoms with Crippen molar-refractivity contribution < 1.29 is 18.0 Å². The van der Waals surface area contributed by atoms with Gasteiger partial charge in [-0.2, -0.15) is 13.2 Å². The first kappa shape index (κ1) is 21.8. The lowest BCUT2D eigenvalue weighted by molar-refractivity contribution is -0.138. The second-order valence-corrected chi connectivity index (χ2v) is 8.29. The normalized spacial score (nSPS) is 11.7. The second kappa shape index (κ2) is 8.23. The third-order valence-corrected chi connectivity index (χ3v) is 5.90. The summed E-state index contributed by atoms with van der Waals surface area (Å²) in [6.07, 6.45) is -4.25. The molecule has 0 unspecified atom stereocenters. The molecule has 2 aromatic carbocycles. The van der Waals surface area contributed by atoms with Gasteiger partial charge in [0, 0.05) is 16.8 Å². The summed E-state index contributed by atoms with van der Waals surface area (Å²) in [5.41, 5.74) is 8.56. The Morgan fingerprint density at radius 2 is 1.88 bits per heavy atom. The van der Waals surface area contributed by atoms with Gasteiger partial charge < -0.3 is 11.1 Å². The van der Waals surface area contributed by atoms with Gasteiger partial charge in [0.05, 0.1) is 11.3 Å². The molecule has 0 aliphatic rings. The number of halogens is 3. The maximum atomic E-state index is 13.3. The van der Waals surface area contributed by atoms with Gasteiger partial charge in [-0.3, -0.25) is 4.79 Å². The summed E-state index contributed by atoms with van der Waals surface area (Å²) < 4.78 is 40.0. The number of nitrogens with zero attached hydrogens (tertiary/aromatic N) is 2. The lowest BCUT2D eigenvalue weighted by atomic mass is 10.0. The number of rotatable bonds is 4. The molecule has 0 aliphatic carbocycles. The Morgan fingerprint density at radius 1 is 1.09 bits per heavy atom. The third kappa shape index (κ3) is 4.29. The molecule has 0 aliphatic heterocycles. The van der Waals surface area contributed by atoms with E-state index in [4.69, 9.17) is 5.73 Å². The maximum Gasteiger partial charge on any atom is 0.416 e. The first-order chi connectivity index (χ1) is 15.2. The van der Waals surface area contributed by atoms with Crippen molar-refractivity contribution >= 4 is 38.4 Å². The van der Waals surface area contributed by atoms with Crippen molar-refractivity contribution in [1.82, 2.24) is 9.97 Å². The van der Waals surface area contributed by atoms with Gasteiger partial charge in [-0.05, 0) is 60.9 Å². The van der Waals surface area contributed by atoms with E-state index in [1.54, 1.807) is 31.2 Å². The fourth-order valence-electron chi connectivity index (χ4n) is 3.45. The van der Waals surface area contributed by atoms with E-state index in [1.165, 1.54) is 23.5 Å². The number of aromatic nitrogens is 2. The topological polar surface area (TPSA) is 80.9 Å². The SMILES string of the molecule is CCc1ccc(NC(=O)c2ccc(C)c(-c3ccc4nc(N)sc4n3)c2)cc1C(F)(F)F. The molecule has 0 bridgehead atoms. The van der Waals surface area contributed by atoms with Gasteiger partial charge in [-0.25, -0.2) is 9.97 Å². The zero-order valence-corrected chi connectivity index (χ0v) is 18.1. The van der Waals surface area contributed by atoms with Crippen LogP contribution in [-0.2, 0) is 12.6 Å². The number of alkyl halides is 3. The molecule has 9 heteroatoms. The van der Waals surface area contributed by atoms with Gasteiger partial charge in [0.2, 0.25) is 0 Å². The zero-order chi connectivity index (χ0) is 23.0. The van der Waals surface area contributed by atoms with E-state index in [9.17, 15) is 18.0 Å². The van der Waals surface area contributed by atoms with Gasteiger partial charge in [0.1, 0.15) is 10.3 Å². The standard InChI is InChI=1S/C23H19F3N4OS/c1-3-13-6-7-15(11-17(13)23(24,25)26)28-20(31)14-5-4-12(2)16(10-14)18-8-9-19-21(29-18)32-22(27)30-19/h4-11H,3H2,1-2H3,(H2,27,30)(H,28,31). The molecular weight excluding hydrogens is 437 g/mol. The number of fused-ring (bicyclic) bond motifs is 1. The molecule has 4 aromatic rings. The summed E-state index contributed by atoms with van der Waals surface area (Å²) in [6, 6.07) is 12.5. The van der Waals surface area contributed by atoms with Gasteiger partial charge in [0.15, 0.2) is 5.13 Å². The number of carbonyl (C=O) groups excluding carboxylic acids is 1. The molecule has 0 atom stereocenters. The highest BCUT2D eigenvalue weighted by atomic mass is 32.1. The van der Waals surface area contributed by atoms with Crippen molar-refractivity contribution in [2.45, 2.75) is 26.4 Å². The van der Waals surface area contributed by atoms with Gasteiger partial charge in [-0.1, -0.05) is 30.4 Å². The van der Waals surface area contributed by atoms with Crippen LogP contribution in [0.4, 0.5) is 24.0 Å². The highest BCUT2D eigenvalue weighted by molar-refractivity contribution is 7.21. The number of nitrogens with one attached hydrogen (secondary N) is 1. The van der Waals surface area contributed by atoms with Crippen LogP contribution in [0.25, 0.3) is 21.6 Å². The van der Waals surface area contributed by atoms with E-state index >= 15 is 0 Å². The molecule has 0 fully saturated rings. The summed E-state index contributed by atoms with van der Waals surface area (Å²) in [6.45, 7) is 3.55. The van der Waals surface area contributed by atoms with Crippen LogP contribution in [0, 0.1) is 6.92 Å². The van der Waals surface area contributed by atoms with Crippen LogP contribution < -0.4 is 11.1 Å². The number of anilines is 2. The molecule has 3 N–H and O–H groups in total. The average molecular weight is 456 g/mol. The first-order valence-corrected chi connectivity index (χ1v) is 10.6. The van der Waals surface area contributed by atoms with Crippen LogP contribution in [0.5, 0.6) is 0 Å². The molecule has 2 heterocycles. The summed E-state index contributed by atoms with van der Waals surface area (Å²) in [4.78, 5) is 22.3. The lowest BCUT2D eigenvalue weighted by Gasteiger charge is -2.14. The van der Waals surface area contributed by atoms with Crippen LogP contribution in [0.3, 0.4) is 0 Å². The molecular formula is C23H19F3N4OS. The van der Waals surface area contributed by atoms with Crippen LogP contribution in [-0.4, -0.2) is 15.9 Å². The predicted molar refractivity (Wildman–Crippen MR) is 121 cm³/mol. The number of thiazole rings is 1. The molecule has 164 valence electrons. The molecule has 5 nitrogen and oxygen atoms in total. The van der Waals surface area contributed by atoms with Crippen LogP contribution in [0.15, 0.2) is 48.5 Å². The van der Waals surface area contributed by atoms with Gasteiger partial charge in [0.25, 0.3) is 5.91 Å². The molecule has 4 rings (SSSR count). The lowest BCUT2D eigenvalue weighted by Crippen LogP contribution is -2.14. The number of carbonyl (C=O) groups is 1. The first-order valence-electron chi connectivity index (χ1n) is 9.81.